The van der Waals surface area contributed by atoms with Crippen molar-refractivity contribution in [1.29, 1.82) is 0 Å². The number of benzene rings is 1. The molecular formula is C22H25N5O2. The third kappa shape index (κ3) is 3.75. The molecule has 5 rings (SSSR count). The van der Waals surface area contributed by atoms with Crippen molar-refractivity contribution in [3.05, 3.63) is 60.0 Å². The van der Waals surface area contributed by atoms with Gasteiger partial charge in [0.1, 0.15) is 5.52 Å². The fraction of sp³-hybridized carbons (Fsp3) is 0.409. The molecule has 0 spiro atoms. The number of hydrogen-bond donors (Lipinski definition) is 0. The van der Waals surface area contributed by atoms with Crippen molar-refractivity contribution in [3.63, 3.8) is 0 Å². The molecule has 2 saturated heterocycles. The molecule has 0 saturated carbocycles. The Morgan fingerprint density at radius 3 is 2.69 bits per heavy atom. The fourth-order valence-corrected chi connectivity index (χ4v) is 4.10. The highest BCUT2D eigenvalue weighted by Gasteiger charge is 2.35. The molecule has 150 valence electrons. The van der Waals surface area contributed by atoms with Crippen LogP contribution in [0.1, 0.15) is 15.9 Å². The van der Waals surface area contributed by atoms with Crippen LogP contribution < -0.4 is 0 Å². The van der Waals surface area contributed by atoms with Gasteiger partial charge in [-0.25, -0.2) is 9.97 Å². The Kier molecular flexibility index (Phi) is 4.99. The van der Waals surface area contributed by atoms with Crippen LogP contribution in [0.4, 0.5) is 0 Å². The minimum Gasteiger partial charge on any atom is -0.379 e. The molecule has 3 aromatic rings. The number of pyridine rings is 1. The topological polar surface area (TPSA) is 63.5 Å². The Morgan fingerprint density at radius 2 is 1.90 bits per heavy atom. The second-order valence-electron chi connectivity index (χ2n) is 7.75. The summed E-state index contributed by atoms with van der Waals surface area (Å²) in [7, 11) is 0. The van der Waals surface area contributed by atoms with Crippen LogP contribution in [0.2, 0.25) is 0 Å². The molecular weight excluding hydrogens is 366 g/mol. The van der Waals surface area contributed by atoms with Gasteiger partial charge in [-0.3, -0.25) is 9.69 Å². The third-order valence-corrected chi connectivity index (χ3v) is 5.90. The molecule has 0 unspecified atom stereocenters. The molecule has 2 aliphatic rings. The molecule has 0 atom stereocenters. The van der Waals surface area contributed by atoms with Crippen molar-refractivity contribution in [2.45, 2.75) is 19.0 Å². The van der Waals surface area contributed by atoms with E-state index in [1.54, 1.807) is 6.20 Å². The van der Waals surface area contributed by atoms with Gasteiger partial charge in [0.2, 0.25) is 0 Å². The van der Waals surface area contributed by atoms with E-state index in [1.807, 2.05) is 23.4 Å². The smallest absolute Gasteiger partial charge is 0.255 e. The van der Waals surface area contributed by atoms with E-state index >= 15 is 0 Å². The van der Waals surface area contributed by atoms with Crippen molar-refractivity contribution < 1.29 is 9.53 Å². The van der Waals surface area contributed by atoms with Crippen LogP contribution in [0.5, 0.6) is 0 Å². The number of ether oxygens (including phenoxy) is 1. The van der Waals surface area contributed by atoms with E-state index in [0.29, 0.717) is 11.6 Å². The van der Waals surface area contributed by atoms with Crippen LogP contribution in [0.15, 0.2) is 48.9 Å². The first-order valence-electron chi connectivity index (χ1n) is 10.2. The monoisotopic (exact) mass is 391 g/mol. The molecule has 1 aromatic carbocycles. The lowest BCUT2D eigenvalue weighted by Crippen LogP contribution is -2.62. The highest BCUT2D eigenvalue weighted by Crippen LogP contribution is 2.20. The summed E-state index contributed by atoms with van der Waals surface area (Å²) in [6, 6.07) is 12.7. The van der Waals surface area contributed by atoms with Gasteiger partial charge in [0.15, 0.2) is 5.65 Å². The number of hydrogen-bond acceptors (Lipinski definition) is 5. The van der Waals surface area contributed by atoms with Gasteiger partial charge in [-0.15, -0.1) is 0 Å². The Balaban J connectivity index is 1.23. The number of carbonyl (C=O) groups is 1. The second-order valence-corrected chi connectivity index (χ2v) is 7.75. The van der Waals surface area contributed by atoms with Gasteiger partial charge in [0.05, 0.1) is 25.1 Å². The van der Waals surface area contributed by atoms with Crippen LogP contribution in [0.3, 0.4) is 0 Å². The van der Waals surface area contributed by atoms with Crippen molar-refractivity contribution in [2.75, 3.05) is 39.4 Å². The van der Waals surface area contributed by atoms with Crippen LogP contribution in [-0.4, -0.2) is 75.7 Å². The quantitative estimate of drug-likeness (QED) is 0.664. The van der Waals surface area contributed by atoms with E-state index in [0.717, 1.165) is 63.5 Å². The zero-order valence-electron chi connectivity index (χ0n) is 16.4. The van der Waals surface area contributed by atoms with E-state index in [9.17, 15) is 4.79 Å². The Labute approximate surface area is 169 Å². The number of fused-ring (bicyclic) bond motifs is 1. The van der Waals surface area contributed by atoms with Gasteiger partial charge in [0, 0.05) is 45.0 Å². The average Bonchev–Trinajstić information content (AvgIpc) is 3.15. The van der Waals surface area contributed by atoms with E-state index in [2.05, 4.69) is 43.7 Å². The molecule has 29 heavy (non-hydrogen) atoms. The van der Waals surface area contributed by atoms with E-state index in [-0.39, 0.29) is 5.91 Å². The Bertz CT molecular complexity index is 991. The van der Waals surface area contributed by atoms with Crippen LogP contribution in [0, 0.1) is 0 Å². The molecule has 2 aliphatic heterocycles. The number of likely N-dealkylation sites (tertiary alicyclic amines) is 1. The van der Waals surface area contributed by atoms with Crippen molar-refractivity contribution >= 4 is 17.1 Å². The molecule has 7 nitrogen and oxygen atoms in total. The molecule has 2 aromatic heterocycles. The summed E-state index contributed by atoms with van der Waals surface area (Å²) in [6.45, 7) is 5.87. The molecule has 7 heteroatoms. The maximum atomic E-state index is 12.8. The van der Waals surface area contributed by atoms with Crippen LogP contribution >= 0.6 is 0 Å². The Hall–Kier alpha value is -2.77. The number of aromatic nitrogens is 3. The second kappa shape index (κ2) is 7.93. The normalized spacial score (nSPS) is 18.1. The molecule has 0 N–H and O–H groups in total. The number of rotatable bonds is 5. The predicted molar refractivity (Wildman–Crippen MR) is 110 cm³/mol. The summed E-state index contributed by atoms with van der Waals surface area (Å²) in [5.74, 6) is 0.0442. The molecule has 2 fully saturated rings. The maximum absolute atomic E-state index is 12.8. The van der Waals surface area contributed by atoms with E-state index < -0.39 is 0 Å². The van der Waals surface area contributed by atoms with Gasteiger partial charge in [-0.2, -0.15) is 0 Å². The van der Waals surface area contributed by atoms with Crippen LogP contribution in [-0.2, 0) is 17.7 Å². The van der Waals surface area contributed by atoms with Gasteiger partial charge >= 0.3 is 0 Å². The standard InChI is InChI=1S/C22H25N5O2/c28-22(27-14-19(15-27)25-8-10-29-11-9-25)18-12-20-21(23-13-18)26(16-24-20)7-6-17-4-2-1-3-5-17/h1-5,12-13,16,19H,6-11,14-15H2. The molecule has 0 bridgehead atoms. The fourth-order valence-electron chi connectivity index (χ4n) is 4.10. The zero-order chi connectivity index (χ0) is 19.6. The average molecular weight is 391 g/mol. The molecule has 1 amide bonds. The number of aryl methyl sites for hydroxylation is 2. The first kappa shape index (κ1) is 18.3. The number of nitrogens with zero attached hydrogens (tertiary/aromatic N) is 5. The SMILES string of the molecule is O=C(c1cnc2c(c1)ncn2CCc1ccccc1)N1CC(N2CCOCC2)C1. The van der Waals surface area contributed by atoms with Crippen molar-refractivity contribution in [3.8, 4) is 0 Å². The summed E-state index contributed by atoms with van der Waals surface area (Å²) in [5.41, 5.74) is 3.50. The number of imidazole rings is 1. The van der Waals surface area contributed by atoms with Crippen molar-refractivity contribution in [2.24, 2.45) is 0 Å². The summed E-state index contributed by atoms with van der Waals surface area (Å²) in [5, 5.41) is 0. The minimum absolute atomic E-state index is 0.0442. The zero-order valence-corrected chi connectivity index (χ0v) is 16.4. The highest BCUT2D eigenvalue weighted by molar-refractivity contribution is 5.96. The van der Waals surface area contributed by atoms with Crippen LogP contribution in [0.25, 0.3) is 11.2 Å². The number of amides is 1. The highest BCUT2D eigenvalue weighted by atomic mass is 16.5. The molecule has 0 aliphatic carbocycles. The number of morpholine rings is 1. The van der Waals surface area contributed by atoms with Gasteiger partial charge in [0.25, 0.3) is 5.91 Å². The summed E-state index contributed by atoms with van der Waals surface area (Å²) >= 11 is 0. The van der Waals surface area contributed by atoms with Gasteiger partial charge in [-0.05, 0) is 18.1 Å². The molecule has 4 heterocycles. The first-order valence-corrected chi connectivity index (χ1v) is 10.2. The minimum atomic E-state index is 0.0442. The predicted octanol–water partition coefficient (Wildman–Crippen LogP) is 1.83. The van der Waals surface area contributed by atoms with E-state index in [4.69, 9.17) is 4.74 Å². The lowest BCUT2D eigenvalue weighted by Gasteiger charge is -2.46. The third-order valence-electron chi connectivity index (χ3n) is 5.90. The Morgan fingerprint density at radius 1 is 1.10 bits per heavy atom. The van der Waals surface area contributed by atoms with Crippen molar-refractivity contribution in [1.82, 2.24) is 24.3 Å². The number of carbonyl (C=O) groups excluding carboxylic acids is 1. The van der Waals surface area contributed by atoms with E-state index in [1.165, 1.54) is 5.56 Å². The summed E-state index contributed by atoms with van der Waals surface area (Å²) in [6.07, 6.45) is 4.42. The maximum Gasteiger partial charge on any atom is 0.255 e. The molecule has 0 radical (unpaired) electrons. The lowest BCUT2D eigenvalue weighted by atomic mass is 10.0. The van der Waals surface area contributed by atoms with Gasteiger partial charge in [-0.1, -0.05) is 30.3 Å². The van der Waals surface area contributed by atoms with Gasteiger partial charge < -0.3 is 14.2 Å². The summed E-state index contributed by atoms with van der Waals surface area (Å²) in [4.78, 5) is 26.2. The largest absolute Gasteiger partial charge is 0.379 e. The lowest BCUT2D eigenvalue weighted by molar-refractivity contribution is -0.0256. The summed E-state index contributed by atoms with van der Waals surface area (Å²) < 4.78 is 7.46. The first-order chi connectivity index (χ1) is 14.3.